The lowest BCUT2D eigenvalue weighted by Gasteiger charge is -2.62. The highest BCUT2D eigenvalue weighted by atomic mass is 31.3. The summed E-state index contributed by atoms with van der Waals surface area (Å²) in [6, 6.07) is 0. The molecule has 4 rings (SSSR count). The number of halogens is 1. The van der Waals surface area contributed by atoms with Crippen LogP contribution in [0.25, 0.3) is 0 Å². The predicted octanol–water partition coefficient (Wildman–Crippen LogP) is 2.25. The fraction of sp³-hybridized carbons (Fsp3) is 0.727. The number of phosphoric acid groups is 3. The zero-order valence-electron chi connectivity index (χ0n) is 21.7. The Balaban J connectivity index is 1.59. The van der Waals surface area contributed by atoms with Crippen molar-refractivity contribution in [3.05, 3.63) is 23.8 Å². The first-order valence-electron chi connectivity index (χ1n) is 12.4. The lowest BCUT2D eigenvalue weighted by molar-refractivity contribution is -0.219. The van der Waals surface area contributed by atoms with Gasteiger partial charge in [-0.2, -0.15) is 8.62 Å². The Morgan fingerprint density at radius 1 is 1.10 bits per heavy atom. The van der Waals surface area contributed by atoms with Crippen LogP contribution in [0.5, 0.6) is 0 Å². The van der Waals surface area contributed by atoms with Crippen molar-refractivity contribution >= 4 is 35.0 Å². The molecule has 0 aliphatic heterocycles. The van der Waals surface area contributed by atoms with Gasteiger partial charge in [-0.25, -0.2) is 18.1 Å². The number of aliphatic hydroxyl groups is 2. The van der Waals surface area contributed by atoms with Gasteiger partial charge >= 0.3 is 23.5 Å². The summed E-state index contributed by atoms with van der Waals surface area (Å²) in [4.78, 5) is 61.7. The van der Waals surface area contributed by atoms with Crippen LogP contribution in [-0.4, -0.2) is 65.3 Å². The van der Waals surface area contributed by atoms with E-state index in [1.165, 1.54) is 32.1 Å². The van der Waals surface area contributed by atoms with Gasteiger partial charge in [0.25, 0.3) is 0 Å². The van der Waals surface area contributed by atoms with Gasteiger partial charge in [0.2, 0.25) is 0 Å². The standard InChI is InChI=1S/C22H32FO14P3/c1-12-8-16-15-5-4-13-9-14(24)6-7-19(13,2)21(15,23)17(25)10-20(16,3)22(12,27)18(26)11-35-39(31,32)37-40(33,34)36-38(28,29)30/h6-7,9,12,15-17,25,27H,4-5,8,10-11H2,1-3H3,(H,31,32)(H,33,34)(H2,28,29,30)/t12-,15+,16+,17?,19+,20+,21+,22+/m1/s1. The Labute approximate surface area is 228 Å². The first-order valence-corrected chi connectivity index (χ1v) is 16.9. The number of aliphatic hydroxyl groups excluding tert-OH is 1. The predicted molar refractivity (Wildman–Crippen MR) is 133 cm³/mol. The quantitative estimate of drug-likeness (QED) is 0.211. The van der Waals surface area contributed by atoms with Crippen LogP contribution < -0.4 is 0 Å². The van der Waals surface area contributed by atoms with Crippen LogP contribution in [-0.2, 0) is 36.4 Å². The molecule has 226 valence electrons. The molecule has 4 aliphatic rings. The van der Waals surface area contributed by atoms with Gasteiger partial charge in [0.05, 0.1) is 6.10 Å². The van der Waals surface area contributed by atoms with Crippen LogP contribution in [0, 0.1) is 28.6 Å². The van der Waals surface area contributed by atoms with Crippen LogP contribution in [0.4, 0.5) is 4.39 Å². The summed E-state index contributed by atoms with van der Waals surface area (Å²) in [5, 5.41) is 23.1. The average molecular weight is 632 g/mol. The van der Waals surface area contributed by atoms with E-state index in [1.807, 2.05) is 0 Å². The SMILES string of the molecule is C[C@@H]1C[C@H]2[C@@H]3CCC4=CC(=O)C=C[C@]4(C)[C@@]3(F)C(O)C[C@]2(C)[C@@]1(O)C(=O)COP(=O)(O)OP(=O)(O)OP(=O)(O)O. The third-order valence-corrected chi connectivity index (χ3v) is 13.2. The molecular formula is C22H32FO14P3. The normalized spacial score (nSPS) is 44.0. The number of hydrogen-bond donors (Lipinski definition) is 6. The molecule has 4 aliphatic carbocycles. The third-order valence-electron chi connectivity index (χ3n) is 9.42. The maximum absolute atomic E-state index is 17.2. The van der Waals surface area contributed by atoms with Crippen LogP contribution in [0.15, 0.2) is 23.8 Å². The summed E-state index contributed by atoms with van der Waals surface area (Å²) >= 11 is 0. The van der Waals surface area contributed by atoms with Gasteiger partial charge in [-0.05, 0) is 56.6 Å². The van der Waals surface area contributed by atoms with Crippen molar-refractivity contribution in [1.29, 1.82) is 0 Å². The maximum Gasteiger partial charge on any atom is 0.490 e. The molecule has 6 N–H and O–H groups in total. The van der Waals surface area contributed by atoms with Crippen molar-refractivity contribution in [3.63, 3.8) is 0 Å². The highest BCUT2D eigenvalue weighted by Gasteiger charge is 2.75. The number of rotatable bonds is 8. The lowest BCUT2D eigenvalue weighted by atomic mass is 9.44. The first-order chi connectivity index (χ1) is 18.0. The Morgan fingerprint density at radius 3 is 2.33 bits per heavy atom. The highest BCUT2D eigenvalue weighted by Crippen LogP contribution is 2.71. The monoisotopic (exact) mass is 632 g/mol. The smallest absolute Gasteiger partial charge is 0.390 e. The van der Waals surface area contributed by atoms with E-state index in [-0.39, 0.29) is 25.0 Å². The Hall–Kier alpha value is -0.920. The van der Waals surface area contributed by atoms with E-state index < -0.39 is 81.8 Å². The zero-order valence-corrected chi connectivity index (χ0v) is 24.4. The number of ketones is 2. The zero-order chi connectivity index (χ0) is 30.3. The largest absolute Gasteiger partial charge is 0.490 e. The second kappa shape index (κ2) is 9.80. The third kappa shape index (κ3) is 4.92. The van der Waals surface area contributed by atoms with Crippen molar-refractivity contribution in [2.75, 3.05) is 6.61 Å². The summed E-state index contributed by atoms with van der Waals surface area (Å²) in [5.74, 6) is -3.75. The Morgan fingerprint density at radius 2 is 1.73 bits per heavy atom. The van der Waals surface area contributed by atoms with Gasteiger partial charge in [0.1, 0.15) is 12.2 Å². The van der Waals surface area contributed by atoms with Crippen molar-refractivity contribution in [1.82, 2.24) is 0 Å². The number of phosphoric ester groups is 1. The van der Waals surface area contributed by atoms with Gasteiger partial charge in [-0.3, -0.25) is 14.1 Å². The Kier molecular flexibility index (Phi) is 7.84. The molecule has 0 bridgehead atoms. The van der Waals surface area contributed by atoms with Crippen molar-refractivity contribution in [3.8, 4) is 0 Å². The number of hydrogen-bond acceptors (Lipinski definition) is 10. The number of carbonyl (C=O) groups excluding carboxylic acids is 2. The summed E-state index contributed by atoms with van der Waals surface area (Å²) in [7, 11) is -17.1. The average Bonchev–Trinajstić information content (AvgIpc) is 2.98. The van der Waals surface area contributed by atoms with Crippen LogP contribution in [0.2, 0.25) is 0 Å². The second-order valence-electron chi connectivity index (χ2n) is 11.5. The molecule has 18 heteroatoms. The van der Waals surface area contributed by atoms with E-state index in [0.29, 0.717) is 12.0 Å². The molecule has 3 fully saturated rings. The molecule has 0 heterocycles. The summed E-state index contributed by atoms with van der Waals surface area (Å²) in [6.07, 6.45) is 2.77. The van der Waals surface area contributed by atoms with Crippen molar-refractivity contribution in [2.45, 2.75) is 63.8 Å². The molecule has 0 spiro atoms. The molecule has 40 heavy (non-hydrogen) atoms. The molecule has 3 unspecified atom stereocenters. The molecule has 14 nitrogen and oxygen atoms in total. The number of fused-ring (bicyclic) bond motifs is 5. The lowest BCUT2D eigenvalue weighted by Crippen LogP contribution is -2.69. The molecular weight excluding hydrogens is 600 g/mol. The van der Waals surface area contributed by atoms with Crippen LogP contribution >= 0.6 is 23.5 Å². The summed E-state index contributed by atoms with van der Waals surface area (Å²) < 4.78 is 63.4. The number of allylic oxidation sites excluding steroid dienone is 4. The second-order valence-corrected chi connectivity index (χ2v) is 15.9. The minimum Gasteiger partial charge on any atom is -0.390 e. The molecule has 0 amide bonds. The highest BCUT2D eigenvalue weighted by molar-refractivity contribution is 7.66. The molecule has 10 atom stereocenters. The van der Waals surface area contributed by atoms with E-state index in [0.717, 1.165) is 0 Å². The maximum atomic E-state index is 17.2. The minimum atomic E-state index is -5.82. The topological polar surface area (TPSA) is 234 Å². The Bertz CT molecular complexity index is 1330. The van der Waals surface area contributed by atoms with Gasteiger partial charge in [-0.1, -0.05) is 25.5 Å². The van der Waals surface area contributed by atoms with E-state index in [1.54, 1.807) is 6.92 Å². The number of Topliss-reactive ketones (excluding diaryl/α,β-unsaturated/α-hetero) is 1. The summed E-state index contributed by atoms with van der Waals surface area (Å²) in [6.45, 7) is 3.30. The fourth-order valence-electron chi connectivity index (χ4n) is 7.69. The van der Waals surface area contributed by atoms with E-state index in [2.05, 4.69) is 13.1 Å². The van der Waals surface area contributed by atoms with Gasteiger partial charge in [-0.15, -0.1) is 0 Å². The van der Waals surface area contributed by atoms with Gasteiger partial charge in [0.15, 0.2) is 17.2 Å². The van der Waals surface area contributed by atoms with Gasteiger partial charge in [0, 0.05) is 16.7 Å². The van der Waals surface area contributed by atoms with Crippen molar-refractivity contribution in [2.24, 2.45) is 28.6 Å². The molecule has 0 aromatic carbocycles. The van der Waals surface area contributed by atoms with Gasteiger partial charge < -0.3 is 29.8 Å². The first kappa shape index (κ1) is 32.0. The van der Waals surface area contributed by atoms with Crippen LogP contribution in [0.1, 0.15) is 46.5 Å². The fourth-order valence-corrected chi connectivity index (χ4v) is 10.7. The molecule has 0 radical (unpaired) electrons. The summed E-state index contributed by atoms with van der Waals surface area (Å²) in [5.41, 5.74) is -6.71. The van der Waals surface area contributed by atoms with Crippen molar-refractivity contribution < 1.29 is 70.6 Å². The molecule has 0 aromatic heterocycles. The molecule has 0 saturated heterocycles. The van der Waals surface area contributed by atoms with E-state index in [9.17, 15) is 43.3 Å². The minimum absolute atomic E-state index is 0.148. The molecule has 0 aromatic rings. The molecule has 3 saturated carbocycles. The van der Waals surface area contributed by atoms with Crippen LogP contribution in [0.3, 0.4) is 0 Å². The van der Waals surface area contributed by atoms with E-state index in [4.69, 9.17) is 9.79 Å². The van der Waals surface area contributed by atoms with E-state index >= 15 is 4.39 Å². The number of carbonyl (C=O) groups is 2. The number of alkyl halides is 1.